The quantitative estimate of drug-likeness (QED) is 0.462. The highest BCUT2D eigenvalue weighted by molar-refractivity contribution is 6.34. The topological polar surface area (TPSA) is 108 Å². The summed E-state index contributed by atoms with van der Waals surface area (Å²) < 4.78 is 5.30. The molecule has 1 aliphatic rings. The first-order valence-electron chi connectivity index (χ1n) is 12.0. The van der Waals surface area contributed by atoms with Crippen molar-refractivity contribution in [2.45, 2.75) is 77.6 Å². The average Bonchev–Trinajstić information content (AvgIpc) is 2.72. The second-order valence-corrected chi connectivity index (χ2v) is 10.5. The highest BCUT2D eigenvalue weighted by Crippen LogP contribution is 2.36. The molecule has 9 heteroatoms. The number of benzene rings is 2. The number of rotatable bonds is 7. The van der Waals surface area contributed by atoms with Gasteiger partial charge < -0.3 is 25.4 Å². The molecular weight excluding hydrogens is 482 g/mol. The Morgan fingerprint density at radius 2 is 1.81 bits per heavy atom. The number of aryl methyl sites for hydroxylation is 1. The number of phenols is 1. The van der Waals surface area contributed by atoms with Gasteiger partial charge in [0.2, 0.25) is 5.91 Å². The lowest BCUT2D eigenvalue weighted by Crippen LogP contribution is -2.56. The molecule has 0 heterocycles. The van der Waals surface area contributed by atoms with E-state index in [1.54, 1.807) is 52.0 Å². The number of carbonyl (C=O) groups is 3. The summed E-state index contributed by atoms with van der Waals surface area (Å²) in [6.07, 6.45) is 1.64. The molecule has 2 unspecified atom stereocenters. The van der Waals surface area contributed by atoms with Gasteiger partial charge in [-0.05, 0) is 83.2 Å². The van der Waals surface area contributed by atoms with Gasteiger partial charge in [-0.15, -0.1) is 0 Å². The van der Waals surface area contributed by atoms with E-state index in [1.807, 2.05) is 13.0 Å². The number of halogens is 1. The monoisotopic (exact) mass is 515 g/mol. The van der Waals surface area contributed by atoms with Crippen LogP contribution in [-0.4, -0.2) is 45.6 Å². The second-order valence-electron chi connectivity index (χ2n) is 10.1. The molecule has 0 radical (unpaired) electrons. The molecule has 0 saturated heterocycles. The number of amides is 3. The summed E-state index contributed by atoms with van der Waals surface area (Å²) in [4.78, 5) is 41.4. The Bertz CT molecular complexity index is 1110. The smallest absolute Gasteiger partial charge is 0.408 e. The minimum absolute atomic E-state index is 0.0276. The summed E-state index contributed by atoms with van der Waals surface area (Å²) in [7, 11) is 0. The van der Waals surface area contributed by atoms with Crippen molar-refractivity contribution in [3.05, 3.63) is 58.6 Å². The number of hydrogen-bond acceptors (Lipinski definition) is 5. The third kappa shape index (κ3) is 6.69. The lowest BCUT2D eigenvalue weighted by molar-refractivity contribution is -0.145. The summed E-state index contributed by atoms with van der Waals surface area (Å²) in [5.41, 5.74) is 0.946. The molecule has 8 nitrogen and oxygen atoms in total. The molecule has 3 amide bonds. The summed E-state index contributed by atoms with van der Waals surface area (Å²) in [5.74, 6) is -0.924. The number of phenolic OH excluding ortho intramolecular Hbond substituents is 1. The van der Waals surface area contributed by atoms with Crippen molar-refractivity contribution in [2.75, 3.05) is 5.32 Å². The van der Waals surface area contributed by atoms with Crippen LogP contribution in [0.4, 0.5) is 10.5 Å². The van der Waals surface area contributed by atoms with Gasteiger partial charge in [0.1, 0.15) is 23.4 Å². The van der Waals surface area contributed by atoms with Crippen molar-refractivity contribution in [3.63, 3.8) is 0 Å². The Hall–Kier alpha value is -3.26. The molecule has 0 spiro atoms. The summed E-state index contributed by atoms with van der Waals surface area (Å²) in [6.45, 7) is 8.59. The van der Waals surface area contributed by atoms with Gasteiger partial charge in [-0.3, -0.25) is 9.59 Å². The fourth-order valence-electron chi connectivity index (χ4n) is 4.07. The van der Waals surface area contributed by atoms with E-state index in [0.717, 1.165) is 24.8 Å². The van der Waals surface area contributed by atoms with Crippen molar-refractivity contribution in [1.82, 2.24) is 10.2 Å². The number of aromatic hydroxyl groups is 1. The van der Waals surface area contributed by atoms with Crippen LogP contribution in [0.3, 0.4) is 0 Å². The third-order valence-electron chi connectivity index (χ3n) is 6.01. The van der Waals surface area contributed by atoms with Crippen LogP contribution < -0.4 is 10.6 Å². The standard InChI is InChI=1S/C27H34ClN3O5/c1-16-9-6-14-21(28)22(16)30-24(33)23(18-10-7-13-20(32)15-18)31(19-11-8-12-19)25(34)17(2)29-26(35)36-27(3,4)5/h6-7,9-10,13-15,17,19,23,32H,8,11-12H2,1-5H3,(H,29,35)(H,30,33). The predicted molar refractivity (Wildman–Crippen MR) is 139 cm³/mol. The van der Waals surface area contributed by atoms with Crippen molar-refractivity contribution < 1.29 is 24.2 Å². The first-order valence-corrected chi connectivity index (χ1v) is 12.4. The van der Waals surface area contributed by atoms with Gasteiger partial charge in [0.05, 0.1) is 10.7 Å². The number of para-hydroxylation sites is 1. The molecule has 3 N–H and O–H groups in total. The molecule has 0 aliphatic heterocycles. The lowest BCUT2D eigenvalue weighted by Gasteiger charge is -2.43. The number of carbonyl (C=O) groups excluding carboxylic acids is 3. The first kappa shape index (κ1) is 27.3. The highest BCUT2D eigenvalue weighted by Gasteiger charge is 2.41. The van der Waals surface area contributed by atoms with Gasteiger partial charge in [-0.2, -0.15) is 0 Å². The molecule has 2 atom stereocenters. The SMILES string of the molecule is Cc1cccc(Cl)c1NC(=O)C(c1cccc(O)c1)N(C(=O)C(C)NC(=O)OC(C)(C)C)C1CCC1. The van der Waals surface area contributed by atoms with Crippen molar-refractivity contribution in [3.8, 4) is 5.75 Å². The van der Waals surface area contributed by atoms with Gasteiger partial charge in [0, 0.05) is 6.04 Å². The lowest BCUT2D eigenvalue weighted by atomic mass is 9.88. The molecule has 194 valence electrons. The van der Waals surface area contributed by atoms with Crippen LogP contribution in [0.2, 0.25) is 5.02 Å². The third-order valence-corrected chi connectivity index (χ3v) is 6.32. The first-order chi connectivity index (χ1) is 16.9. The zero-order valence-corrected chi connectivity index (χ0v) is 22.1. The second kappa shape index (κ2) is 11.2. The fraction of sp³-hybridized carbons (Fsp3) is 0.444. The Labute approximate surface area is 217 Å². The zero-order chi connectivity index (χ0) is 26.6. The van der Waals surface area contributed by atoms with Crippen molar-refractivity contribution in [2.24, 2.45) is 0 Å². The van der Waals surface area contributed by atoms with E-state index in [-0.39, 0.29) is 11.8 Å². The van der Waals surface area contributed by atoms with Crippen LogP contribution in [0.5, 0.6) is 5.75 Å². The van der Waals surface area contributed by atoms with Crippen LogP contribution in [-0.2, 0) is 14.3 Å². The van der Waals surface area contributed by atoms with E-state index in [1.165, 1.54) is 17.0 Å². The van der Waals surface area contributed by atoms with Crippen molar-refractivity contribution in [1.29, 1.82) is 0 Å². The van der Waals surface area contributed by atoms with Crippen LogP contribution in [0.1, 0.15) is 64.1 Å². The van der Waals surface area contributed by atoms with E-state index in [2.05, 4.69) is 10.6 Å². The maximum absolute atomic E-state index is 13.8. The van der Waals surface area contributed by atoms with Gasteiger partial charge in [-0.25, -0.2) is 4.79 Å². The molecule has 3 rings (SSSR count). The molecular formula is C27H34ClN3O5. The van der Waals surface area contributed by atoms with Gasteiger partial charge in [0.25, 0.3) is 5.91 Å². The normalized spacial score (nSPS) is 15.3. The van der Waals surface area contributed by atoms with E-state index >= 15 is 0 Å². The maximum Gasteiger partial charge on any atom is 0.408 e. The number of alkyl carbamates (subject to hydrolysis) is 1. The Kier molecular flexibility index (Phi) is 8.51. The Morgan fingerprint density at radius 3 is 2.36 bits per heavy atom. The maximum atomic E-state index is 13.8. The van der Waals surface area contributed by atoms with Gasteiger partial charge in [0.15, 0.2) is 0 Å². The average molecular weight is 516 g/mol. The summed E-state index contributed by atoms with van der Waals surface area (Å²) in [6, 6.07) is 9.35. The molecule has 1 saturated carbocycles. The van der Waals surface area contributed by atoms with E-state index in [9.17, 15) is 19.5 Å². The minimum atomic E-state index is -1.06. The van der Waals surface area contributed by atoms with E-state index in [0.29, 0.717) is 16.3 Å². The molecule has 36 heavy (non-hydrogen) atoms. The fourth-order valence-corrected chi connectivity index (χ4v) is 4.34. The molecule has 0 aromatic heterocycles. The minimum Gasteiger partial charge on any atom is -0.508 e. The molecule has 2 aromatic rings. The molecule has 1 fully saturated rings. The Balaban J connectivity index is 1.98. The molecule has 1 aliphatic carbocycles. The number of ether oxygens (including phenoxy) is 1. The largest absolute Gasteiger partial charge is 0.508 e. The number of hydrogen-bond donors (Lipinski definition) is 3. The summed E-state index contributed by atoms with van der Waals surface area (Å²) >= 11 is 6.36. The van der Waals surface area contributed by atoms with Crippen LogP contribution in [0, 0.1) is 6.92 Å². The zero-order valence-electron chi connectivity index (χ0n) is 21.3. The highest BCUT2D eigenvalue weighted by atomic mass is 35.5. The number of anilines is 1. The summed E-state index contributed by atoms with van der Waals surface area (Å²) in [5, 5.41) is 16.0. The van der Waals surface area contributed by atoms with E-state index in [4.69, 9.17) is 16.3 Å². The number of nitrogens with one attached hydrogen (secondary N) is 2. The number of nitrogens with zero attached hydrogens (tertiary/aromatic N) is 1. The molecule has 0 bridgehead atoms. The van der Waals surface area contributed by atoms with Crippen LogP contribution >= 0.6 is 11.6 Å². The van der Waals surface area contributed by atoms with Gasteiger partial charge in [-0.1, -0.05) is 35.9 Å². The predicted octanol–water partition coefficient (Wildman–Crippen LogP) is 5.33. The van der Waals surface area contributed by atoms with Crippen molar-refractivity contribution >= 4 is 35.2 Å². The Morgan fingerprint density at radius 1 is 1.14 bits per heavy atom. The van der Waals surface area contributed by atoms with Gasteiger partial charge >= 0.3 is 6.09 Å². The van der Waals surface area contributed by atoms with Crippen LogP contribution in [0.15, 0.2) is 42.5 Å². The van der Waals surface area contributed by atoms with Crippen LogP contribution in [0.25, 0.3) is 0 Å². The molecule has 2 aromatic carbocycles. The van der Waals surface area contributed by atoms with E-state index < -0.39 is 35.6 Å².